The molecule has 2 aromatic rings. The molecule has 0 unspecified atom stereocenters. The van der Waals surface area contributed by atoms with Gasteiger partial charge in [0.1, 0.15) is 0 Å². The van der Waals surface area contributed by atoms with E-state index in [4.69, 9.17) is 0 Å². The lowest BCUT2D eigenvalue weighted by Gasteiger charge is -2.11. The van der Waals surface area contributed by atoms with Crippen molar-refractivity contribution in [1.82, 2.24) is 5.32 Å². The van der Waals surface area contributed by atoms with Gasteiger partial charge in [0.25, 0.3) is 0 Å². The van der Waals surface area contributed by atoms with Gasteiger partial charge < -0.3 is 5.32 Å². The fourth-order valence-electron chi connectivity index (χ4n) is 2.57. The van der Waals surface area contributed by atoms with E-state index >= 15 is 0 Å². The summed E-state index contributed by atoms with van der Waals surface area (Å²) in [6.07, 6.45) is 2.23. The fourth-order valence-corrected chi connectivity index (χ4v) is 2.57. The van der Waals surface area contributed by atoms with Crippen molar-refractivity contribution >= 4 is 0 Å². The summed E-state index contributed by atoms with van der Waals surface area (Å²) in [5, 5.41) is 3.51. The fraction of sp³-hybridized carbons (Fsp3) is 0.250. The zero-order chi connectivity index (χ0) is 11.5. The van der Waals surface area contributed by atoms with Crippen LogP contribution in [0.2, 0.25) is 0 Å². The Hall–Kier alpha value is -1.60. The molecule has 0 radical (unpaired) electrons. The van der Waals surface area contributed by atoms with E-state index in [0.717, 1.165) is 25.9 Å². The van der Waals surface area contributed by atoms with Gasteiger partial charge in [0.15, 0.2) is 0 Å². The van der Waals surface area contributed by atoms with Crippen molar-refractivity contribution in [2.75, 3.05) is 13.1 Å². The number of fused-ring (bicyclic) bond motifs is 3. The molecule has 1 aliphatic rings. The molecule has 0 saturated heterocycles. The largest absolute Gasteiger partial charge is 0.316 e. The maximum Gasteiger partial charge on any atom is -0.000800 e. The minimum Gasteiger partial charge on any atom is -0.316 e. The quantitative estimate of drug-likeness (QED) is 0.724. The van der Waals surface area contributed by atoms with E-state index in [1.54, 1.807) is 0 Å². The lowest BCUT2D eigenvalue weighted by Crippen LogP contribution is -2.19. The van der Waals surface area contributed by atoms with Gasteiger partial charge in [-0.05, 0) is 48.2 Å². The number of benzene rings is 2. The van der Waals surface area contributed by atoms with Gasteiger partial charge in [-0.3, -0.25) is 0 Å². The van der Waals surface area contributed by atoms with Crippen molar-refractivity contribution < 1.29 is 0 Å². The summed E-state index contributed by atoms with van der Waals surface area (Å²) < 4.78 is 0. The third-order valence-electron chi connectivity index (χ3n) is 3.47. The highest BCUT2D eigenvalue weighted by Gasteiger charge is 2.10. The standard InChI is InChI=1S/C16H17N/c1-3-7-15-13(5-1)9-11-17-12-10-14-6-2-4-8-16(14)15/h1-8,17H,9-12H2. The van der Waals surface area contributed by atoms with Crippen LogP contribution in [0, 0.1) is 0 Å². The molecule has 86 valence electrons. The molecule has 1 nitrogen and oxygen atoms in total. The van der Waals surface area contributed by atoms with Crippen molar-refractivity contribution in [2.45, 2.75) is 12.8 Å². The number of hydrogen-bond acceptors (Lipinski definition) is 1. The van der Waals surface area contributed by atoms with E-state index in [-0.39, 0.29) is 0 Å². The Morgan fingerprint density at radius 2 is 1.12 bits per heavy atom. The third-order valence-corrected chi connectivity index (χ3v) is 3.47. The van der Waals surface area contributed by atoms with Crippen LogP contribution in [0.25, 0.3) is 11.1 Å². The predicted molar refractivity (Wildman–Crippen MR) is 72.2 cm³/mol. The lowest BCUT2D eigenvalue weighted by molar-refractivity contribution is 0.686. The molecule has 0 spiro atoms. The van der Waals surface area contributed by atoms with E-state index in [1.165, 1.54) is 22.3 Å². The molecule has 1 heterocycles. The molecule has 1 N–H and O–H groups in total. The topological polar surface area (TPSA) is 12.0 Å². The van der Waals surface area contributed by atoms with Crippen molar-refractivity contribution in [1.29, 1.82) is 0 Å². The van der Waals surface area contributed by atoms with E-state index in [1.807, 2.05) is 0 Å². The first-order valence-electron chi connectivity index (χ1n) is 6.32. The number of nitrogens with one attached hydrogen (secondary N) is 1. The molecule has 0 aliphatic carbocycles. The first-order chi connectivity index (χ1) is 8.45. The van der Waals surface area contributed by atoms with Crippen LogP contribution >= 0.6 is 0 Å². The molecule has 0 bridgehead atoms. The zero-order valence-electron chi connectivity index (χ0n) is 9.95. The normalized spacial score (nSPS) is 15.1. The highest BCUT2D eigenvalue weighted by Crippen LogP contribution is 2.28. The Morgan fingerprint density at radius 3 is 1.65 bits per heavy atom. The van der Waals surface area contributed by atoms with Gasteiger partial charge in [-0.1, -0.05) is 48.5 Å². The molecule has 0 aromatic heterocycles. The molecule has 3 rings (SSSR count). The van der Waals surface area contributed by atoms with Crippen LogP contribution < -0.4 is 5.32 Å². The van der Waals surface area contributed by atoms with E-state index in [9.17, 15) is 0 Å². The molecule has 0 amide bonds. The predicted octanol–water partition coefficient (Wildman–Crippen LogP) is 3.04. The smallest absolute Gasteiger partial charge is 0.000800 e. The van der Waals surface area contributed by atoms with Crippen LogP contribution in [0.1, 0.15) is 11.1 Å². The number of hydrogen-bond donors (Lipinski definition) is 1. The summed E-state index contributed by atoms with van der Waals surface area (Å²) >= 11 is 0. The summed E-state index contributed by atoms with van der Waals surface area (Å²) in [5.74, 6) is 0. The SMILES string of the molecule is c1ccc2c(c1)CCNCCc1ccccc1-2. The van der Waals surface area contributed by atoms with Crippen LogP contribution in [-0.4, -0.2) is 13.1 Å². The third kappa shape index (κ3) is 2.11. The second-order valence-corrected chi connectivity index (χ2v) is 4.56. The summed E-state index contributed by atoms with van der Waals surface area (Å²) in [6.45, 7) is 2.15. The lowest BCUT2D eigenvalue weighted by atomic mass is 9.93. The highest BCUT2D eigenvalue weighted by molar-refractivity contribution is 5.71. The number of rotatable bonds is 0. The van der Waals surface area contributed by atoms with Crippen LogP contribution in [0.4, 0.5) is 0 Å². The van der Waals surface area contributed by atoms with Crippen LogP contribution in [0.15, 0.2) is 48.5 Å². The average Bonchev–Trinajstić information content (AvgIpc) is 2.47. The Kier molecular flexibility index (Phi) is 2.93. The molecule has 1 heteroatoms. The van der Waals surface area contributed by atoms with Gasteiger partial charge >= 0.3 is 0 Å². The van der Waals surface area contributed by atoms with Crippen LogP contribution in [0.5, 0.6) is 0 Å². The van der Waals surface area contributed by atoms with Crippen LogP contribution in [-0.2, 0) is 12.8 Å². The minimum absolute atomic E-state index is 1.07. The van der Waals surface area contributed by atoms with Crippen molar-refractivity contribution in [3.05, 3.63) is 59.7 Å². The Morgan fingerprint density at radius 1 is 0.647 bits per heavy atom. The van der Waals surface area contributed by atoms with Gasteiger partial charge in [0.2, 0.25) is 0 Å². The molecular weight excluding hydrogens is 206 g/mol. The van der Waals surface area contributed by atoms with Gasteiger partial charge in [-0.15, -0.1) is 0 Å². The molecule has 0 atom stereocenters. The summed E-state index contributed by atoms with van der Waals surface area (Å²) in [6, 6.07) is 17.6. The van der Waals surface area contributed by atoms with Gasteiger partial charge in [0.05, 0.1) is 0 Å². The maximum atomic E-state index is 3.51. The van der Waals surface area contributed by atoms with Crippen molar-refractivity contribution in [3.63, 3.8) is 0 Å². The summed E-state index contributed by atoms with van der Waals surface area (Å²) in [5.41, 5.74) is 5.72. The minimum atomic E-state index is 1.07. The molecule has 17 heavy (non-hydrogen) atoms. The van der Waals surface area contributed by atoms with Gasteiger partial charge in [0, 0.05) is 0 Å². The van der Waals surface area contributed by atoms with E-state index in [0.29, 0.717) is 0 Å². The average molecular weight is 223 g/mol. The first kappa shape index (κ1) is 10.5. The van der Waals surface area contributed by atoms with E-state index in [2.05, 4.69) is 53.8 Å². The Labute approximate surface area is 102 Å². The molecule has 2 aromatic carbocycles. The summed E-state index contributed by atoms with van der Waals surface area (Å²) in [7, 11) is 0. The second kappa shape index (κ2) is 4.72. The molecule has 0 saturated carbocycles. The Bertz CT molecular complexity index is 469. The Balaban J connectivity index is 2.18. The second-order valence-electron chi connectivity index (χ2n) is 4.56. The van der Waals surface area contributed by atoms with E-state index < -0.39 is 0 Å². The maximum absolute atomic E-state index is 3.51. The molecule has 0 fully saturated rings. The summed E-state index contributed by atoms with van der Waals surface area (Å²) in [4.78, 5) is 0. The van der Waals surface area contributed by atoms with Crippen LogP contribution in [0.3, 0.4) is 0 Å². The van der Waals surface area contributed by atoms with Crippen molar-refractivity contribution in [2.24, 2.45) is 0 Å². The van der Waals surface area contributed by atoms with Gasteiger partial charge in [-0.2, -0.15) is 0 Å². The van der Waals surface area contributed by atoms with Gasteiger partial charge in [-0.25, -0.2) is 0 Å². The molecular formula is C16H17N. The first-order valence-corrected chi connectivity index (χ1v) is 6.32. The molecule has 1 aliphatic heterocycles. The zero-order valence-corrected chi connectivity index (χ0v) is 9.95. The van der Waals surface area contributed by atoms with Crippen molar-refractivity contribution in [3.8, 4) is 11.1 Å². The monoisotopic (exact) mass is 223 g/mol. The highest BCUT2D eigenvalue weighted by atomic mass is 14.8.